The van der Waals surface area contributed by atoms with E-state index in [1.54, 1.807) is 24.3 Å². The topological polar surface area (TPSA) is 85.4 Å². The minimum atomic E-state index is -0.291. The quantitative estimate of drug-likeness (QED) is 0.785. The number of benzene rings is 1. The number of rotatable bonds is 6. The molecule has 7 heteroatoms. The van der Waals surface area contributed by atoms with Gasteiger partial charge in [0.05, 0.1) is 0 Å². The van der Waals surface area contributed by atoms with Gasteiger partial charge in [-0.05, 0) is 31.5 Å². The number of carbonyl (C=O) groups is 1. The molecule has 7 nitrogen and oxygen atoms in total. The van der Waals surface area contributed by atoms with E-state index in [1.807, 2.05) is 6.92 Å². The number of unbranched alkanes of at least 4 members (excludes halogenated alkanes) is 1. The first-order chi connectivity index (χ1) is 12.2. The van der Waals surface area contributed by atoms with Gasteiger partial charge in [-0.2, -0.15) is 0 Å². The molecule has 132 valence electrons. The van der Waals surface area contributed by atoms with Crippen LogP contribution in [0.1, 0.15) is 35.9 Å². The van der Waals surface area contributed by atoms with Crippen LogP contribution in [-0.2, 0) is 0 Å². The van der Waals surface area contributed by atoms with Gasteiger partial charge in [0.15, 0.2) is 11.5 Å². The Morgan fingerprint density at radius 3 is 2.76 bits per heavy atom. The number of ether oxygens (including phenoxy) is 2. The van der Waals surface area contributed by atoms with E-state index in [0.717, 1.165) is 25.1 Å². The lowest BCUT2D eigenvalue weighted by Gasteiger charge is -2.19. The third-order valence-corrected chi connectivity index (χ3v) is 3.70. The zero-order valence-corrected chi connectivity index (χ0v) is 14.5. The SMILES string of the molecule is CCCCNc1nc(C)cc(C(=O)Nc2ccc3c(c2)OCCO3)n1. The van der Waals surface area contributed by atoms with E-state index in [4.69, 9.17) is 9.47 Å². The monoisotopic (exact) mass is 342 g/mol. The standard InChI is InChI=1S/C18H22N4O3/c1-3-4-7-19-18-20-12(2)10-14(22-18)17(23)21-13-5-6-15-16(11-13)25-9-8-24-15/h5-6,10-11H,3-4,7-9H2,1-2H3,(H,21,23)(H,19,20,22). The van der Waals surface area contributed by atoms with Gasteiger partial charge in [0.25, 0.3) is 5.91 Å². The molecule has 1 aromatic heterocycles. The highest BCUT2D eigenvalue weighted by atomic mass is 16.6. The smallest absolute Gasteiger partial charge is 0.274 e. The van der Waals surface area contributed by atoms with E-state index in [0.29, 0.717) is 42.0 Å². The Morgan fingerprint density at radius 1 is 1.16 bits per heavy atom. The highest BCUT2D eigenvalue weighted by Crippen LogP contribution is 2.32. The van der Waals surface area contributed by atoms with Crippen LogP contribution in [0.5, 0.6) is 11.5 Å². The number of anilines is 2. The van der Waals surface area contributed by atoms with Crippen LogP contribution in [0.25, 0.3) is 0 Å². The highest BCUT2D eigenvalue weighted by molar-refractivity contribution is 6.03. The largest absolute Gasteiger partial charge is 0.486 e. The first-order valence-corrected chi connectivity index (χ1v) is 8.46. The number of amides is 1. The van der Waals surface area contributed by atoms with Crippen molar-refractivity contribution in [3.8, 4) is 11.5 Å². The van der Waals surface area contributed by atoms with E-state index in [2.05, 4.69) is 27.5 Å². The second-order valence-corrected chi connectivity index (χ2v) is 5.81. The summed E-state index contributed by atoms with van der Waals surface area (Å²) in [6.45, 7) is 5.77. The maximum atomic E-state index is 12.5. The molecule has 2 aromatic rings. The first-order valence-electron chi connectivity index (χ1n) is 8.46. The normalized spacial score (nSPS) is 12.6. The summed E-state index contributed by atoms with van der Waals surface area (Å²) in [6, 6.07) is 6.98. The molecule has 0 saturated carbocycles. The Hall–Kier alpha value is -2.83. The Morgan fingerprint density at radius 2 is 1.96 bits per heavy atom. The number of hydrogen-bond acceptors (Lipinski definition) is 6. The van der Waals surface area contributed by atoms with Gasteiger partial charge in [-0.25, -0.2) is 9.97 Å². The molecule has 3 rings (SSSR count). The predicted molar refractivity (Wildman–Crippen MR) is 95.6 cm³/mol. The van der Waals surface area contributed by atoms with Gasteiger partial charge < -0.3 is 20.1 Å². The first kappa shape index (κ1) is 17.0. The fourth-order valence-corrected chi connectivity index (χ4v) is 2.46. The molecular weight excluding hydrogens is 320 g/mol. The molecular formula is C18H22N4O3. The molecule has 0 fully saturated rings. The van der Waals surface area contributed by atoms with Gasteiger partial charge >= 0.3 is 0 Å². The Labute approximate surface area is 146 Å². The molecule has 0 atom stereocenters. The number of carbonyl (C=O) groups excluding carboxylic acids is 1. The molecule has 2 heterocycles. The molecule has 2 N–H and O–H groups in total. The van der Waals surface area contributed by atoms with Crippen LogP contribution in [-0.4, -0.2) is 35.6 Å². The number of nitrogens with zero attached hydrogens (tertiary/aromatic N) is 2. The van der Waals surface area contributed by atoms with Crippen LogP contribution >= 0.6 is 0 Å². The summed E-state index contributed by atoms with van der Waals surface area (Å²) < 4.78 is 11.0. The number of nitrogens with one attached hydrogen (secondary N) is 2. The van der Waals surface area contributed by atoms with Gasteiger partial charge in [0.1, 0.15) is 18.9 Å². The van der Waals surface area contributed by atoms with Crippen molar-refractivity contribution in [2.75, 3.05) is 30.4 Å². The van der Waals surface area contributed by atoms with Crippen molar-refractivity contribution in [2.24, 2.45) is 0 Å². The zero-order valence-electron chi connectivity index (χ0n) is 14.5. The molecule has 0 saturated heterocycles. The lowest BCUT2D eigenvalue weighted by atomic mass is 10.2. The van der Waals surface area contributed by atoms with Gasteiger partial charge in [0, 0.05) is 24.0 Å². The van der Waals surface area contributed by atoms with Crippen LogP contribution in [0.15, 0.2) is 24.3 Å². The Kier molecular flexibility index (Phi) is 5.33. The molecule has 1 aromatic carbocycles. The summed E-state index contributed by atoms with van der Waals surface area (Å²) in [4.78, 5) is 21.1. The van der Waals surface area contributed by atoms with Crippen molar-refractivity contribution in [2.45, 2.75) is 26.7 Å². The fourth-order valence-electron chi connectivity index (χ4n) is 2.46. The summed E-state index contributed by atoms with van der Waals surface area (Å²) in [5.74, 6) is 1.50. The van der Waals surface area contributed by atoms with E-state index >= 15 is 0 Å². The average Bonchev–Trinajstić information content (AvgIpc) is 2.61. The van der Waals surface area contributed by atoms with Gasteiger partial charge in [-0.1, -0.05) is 13.3 Å². The maximum absolute atomic E-state index is 12.5. The van der Waals surface area contributed by atoms with Crippen molar-refractivity contribution in [3.05, 3.63) is 35.7 Å². The Bertz CT molecular complexity index is 764. The van der Waals surface area contributed by atoms with Crippen molar-refractivity contribution in [1.82, 2.24) is 9.97 Å². The number of hydrogen-bond donors (Lipinski definition) is 2. The summed E-state index contributed by atoms with van der Waals surface area (Å²) in [5.41, 5.74) is 1.69. The van der Waals surface area contributed by atoms with Crippen molar-refractivity contribution in [3.63, 3.8) is 0 Å². The number of aromatic nitrogens is 2. The zero-order chi connectivity index (χ0) is 17.6. The lowest BCUT2D eigenvalue weighted by molar-refractivity contribution is 0.102. The van der Waals surface area contributed by atoms with Crippen molar-refractivity contribution >= 4 is 17.5 Å². The van der Waals surface area contributed by atoms with Crippen LogP contribution in [0.4, 0.5) is 11.6 Å². The van der Waals surface area contributed by atoms with Crippen LogP contribution in [0.2, 0.25) is 0 Å². The summed E-state index contributed by atoms with van der Waals surface area (Å²) in [7, 11) is 0. The minimum Gasteiger partial charge on any atom is -0.486 e. The minimum absolute atomic E-state index is 0.291. The fraction of sp³-hybridized carbons (Fsp3) is 0.389. The molecule has 25 heavy (non-hydrogen) atoms. The highest BCUT2D eigenvalue weighted by Gasteiger charge is 2.15. The molecule has 0 bridgehead atoms. The molecule has 0 unspecified atom stereocenters. The van der Waals surface area contributed by atoms with E-state index in [-0.39, 0.29) is 5.91 Å². The van der Waals surface area contributed by atoms with Crippen LogP contribution in [0.3, 0.4) is 0 Å². The predicted octanol–water partition coefficient (Wildman–Crippen LogP) is 3.02. The third-order valence-electron chi connectivity index (χ3n) is 3.70. The molecule has 0 aliphatic carbocycles. The van der Waals surface area contributed by atoms with Crippen molar-refractivity contribution in [1.29, 1.82) is 0 Å². The number of aryl methyl sites for hydroxylation is 1. The lowest BCUT2D eigenvalue weighted by Crippen LogP contribution is -2.18. The van der Waals surface area contributed by atoms with Crippen LogP contribution in [0, 0.1) is 6.92 Å². The van der Waals surface area contributed by atoms with E-state index in [1.165, 1.54) is 0 Å². The maximum Gasteiger partial charge on any atom is 0.274 e. The summed E-state index contributed by atoms with van der Waals surface area (Å²) in [6.07, 6.45) is 2.10. The molecule has 0 radical (unpaired) electrons. The third kappa shape index (κ3) is 4.37. The molecule has 1 aliphatic rings. The van der Waals surface area contributed by atoms with Crippen LogP contribution < -0.4 is 20.1 Å². The molecule has 1 aliphatic heterocycles. The second-order valence-electron chi connectivity index (χ2n) is 5.81. The summed E-state index contributed by atoms with van der Waals surface area (Å²) >= 11 is 0. The van der Waals surface area contributed by atoms with Crippen molar-refractivity contribution < 1.29 is 14.3 Å². The second kappa shape index (κ2) is 7.83. The molecule has 1 amide bonds. The van der Waals surface area contributed by atoms with E-state index in [9.17, 15) is 4.79 Å². The van der Waals surface area contributed by atoms with Gasteiger partial charge in [-0.15, -0.1) is 0 Å². The van der Waals surface area contributed by atoms with E-state index < -0.39 is 0 Å². The number of fused-ring (bicyclic) bond motifs is 1. The summed E-state index contributed by atoms with van der Waals surface area (Å²) in [5, 5.41) is 5.99. The Balaban J connectivity index is 1.72. The van der Waals surface area contributed by atoms with Gasteiger partial charge in [-0.3, -0.25) is 4.79 Å². The van der Waals surface area contributed by atoms with Gasteiger partial charge in [0.2, 0.25) is 5.95 Å². The molecule has 0 spiro atoms. The average molecular weight is 342 g/mol.